The zero-order valence-electron chi connectivity index (χ0n) is 16.2. The highest BCUT2D eigenvalue weighted by molar-refractivity contribution is 6.04. The van der Waals surface area contributed by atoms with Crippen molar-refractivity contribution >= 4 is 22.7 Å². The largest absolute Gasteiger partial charge is 0.485 e. The lowest BCUT2D eigenvalue weighted by molar-refractivity contribution is -0.121. The number of hydrogen-bond donors (Lipinski definition) is 1. The zero-order chi connectivity index (χ0) is 20.3. The van der Waals surface area contributed by atoms with Crippen LogP contribution in [0.3, 0.4) is 0 Å². The average molecular weight is 396 g/mol. The second kappa shape index (κ2) is 7.83. The Morgan fingerprint density at radius 3 is 2.70 bits per heavy atom. The summed E-state index contributed by atoms with van der Waals surface area (Å²) in [6.07, 6.45) is 2.11. The number of para-hydroxylation sites is 3. The summed E-state index contributed by atoms with van der Waals surface area (Å²) >= 11 is 0. The summed E-state index contributed by atoms with van der Waals surface area (Å²) in [6, 6.07) is 25.6. The smallest absolute Gasteiger partial charge is 0.260 e. The van der Waals surface area contributed by atoms with Crippen molar-refractivity contribution in [2.75, 3.05) is 0 Å². The molecule has 1 amide bonds. The predicted molar refractivity (Wildman–Crippen MR) is 115 cm³/mol. The van der Waals surface area contributed by atoms with Gasteiger partial charge in [0, 0.05) is 12.0 Å². The predicted octanol–water partition coefficient (Wildman–Crippen LogP) is 4.08. The molecule has 0 unspecified atom stereocenters. The van der Waals surface area contributed by atoms with Crippen LogP contribution in [0.4, 0.5) is 0 Å². The quantitative estimate of drug-likeness (QED) is 0.529. The van der Waals surface area contributed by atoms with E-state index in [9.17, 15) is 4.79 Å². The molecule has 148 valence electrons. The van der Waals surface area contributed by atoms with Gasteiger partial charge in [0.05, 0.1) is 23.1 Å². The van der Waals surface area contributed by atoms with E-state index in [4.69, 9.17) is 4.74 Å². The first-order valence-electron chi connectivity index (χ1n) is 9.84. The van der Waals surface area contributed by atoms with Crippen molar-refractivity contribution in [1.82, 2.24) is 15.0 Å². The molecule has 1 aliphatic heterocycles. The van der Waals surface area contributed by atoms with Crippen LogP contribution in [0.2, 0.25) is 0 Å². The van der Waals surface area contributed by atoms with Crippen LogP contribution in [0.5, 0.6) is 5.75 Å². The normalized spacial score (nSPS) is 16.8. The van der Waals surface area contributed by atoms with Gasteiger partial charge in [-0.25, -0.2) is 10.4 Å². The van der Waals surface area contributed by atoms with E-state index < -0.39 is 0 Å². The Labute approximate surface area is 173 Å². The Balaban J connectivity index is 1.37. The molecule has 0 spiro atoms. The zero-order valence-corrected chi connectivity index (χ0v) is 16.2. The van der Waals surface area contributed by atoms with Gasteiger partial charge < -0.3 is 9.30 Å². The van der Waals surface area contributed by atoms with Crippen molar-refractivity contribution < 1.29 is 9.53 Å². The fourth-order valence-corrected chi connectivity index (χ4v) is 3.70. The fraction of sp³-hybridized carbons (Fsp3) is 0.125. The second-order valence-corrected chi connectivity index (χ2v) is 7.17. The van der Waals surface area contributed by atoms with Gasteiger partial charge in [0.15, 0.2) is 0 Å². The third-order valence-corrected chi connectivity index (χ3v) is 5.17. The molecule has 1 aromatic heterocycles. The van der Waals surface area contributed by atoms with Gasteiger partial charge in [-0.15, -0.1) is 0 Å². The summed E-state index contributed by atoms with van der Waals surface area (Å²) in [6.45, 7) is 0.150. The van der Waals surface area contributed by atoms with Gasteiger partial charge in [0.2, 0.25) is 0 Å². The van der Waals surface area contributed by atoms with Crippen molar-refractivity contribution in [3.8, 4) is 5.75 Å². The molecule has 6 nitrogen and oxygen atoms in total. The summed E-state index contributed by atoms with van der Waals surface area (Å²) in [5.74, 6) is 0.567. The van der Waals surface area contributed by atoms with E-state index in [-0.39, 0.29) is 18.6 Å². The number of imidazole rings is 1. The Hall–Kier alpha value is -3.93. The van der Waals surface area contributed by atoms with Crippen molar-refractivity contribution in [2.45, 2.75) is 19.1 Å². The fourth-order valence-electron chi connectivity index (χ4n) is 3.70. The minimum Gasteiger partial charge on any atom is -0.485 e. The molecular formula is C24H20N4O2. The Morgan fingerprint density at radius 2 is 1.80 bits per heavy atom. The van der Waals surface area contributed by atoms with Crippen LogP contribution in [0.15, 0.2) is 90.3 Å². The monoisotopic (exact) mass is 396 g/mol. The number of amides is 1. The number of fused-ring (bicyclic) bond motifs is 2. The third-order valence-electron chi connectivity index (χ3n) is 5.17. The Bertz CT molecular complexity index is 1230. The standard InChI is InChI=1S/C24H20N4O2/c29-24(15-28-16-25-19-11-5-6-12-21(19)28)27-26-20-14-23(17-8-2-1-3-9-17)30-22-13-7-4-10-18(20)22/h1-13,16,23H,14-15H2,(H,27,29)/b26-20-/t23-/m1/s1. The van der Waals surface area contributed by atoms with Crippen molar-refractivity contribution in [2.24, 2.45) is 5.10 Å². The molecule has 1 N–H and O–H groups in total. The number of ether oxygens (including phenoxy) is 1. The van der Waals surface area contributed by atoms with Gasteiger partial charge in [-0.3, -0.25) is 4.79 Å². The first-order valence-corrected chi connectivity index (χ1v) is 9.84. The van der Waals surface area contributed by atoms with E-state index in [1.54, 1.807) is 6.33 Å². The number of nitrogens with one attached hydrogen (secondary N) is 1. The molecule has 0 radical (unpaired) electrons. The molecule has 4 aromatic rings. The first kappa shape index (κ1) is 18.1. The average Bonchev–Trinajstić information content (AvgIpc) is 3.20. The van der Waals surface area contributed by atoms with Crippen LogP contribution in [-0.2, 0) is 11.3 Å². The van der Waals surface area contributed by atoms with E-state index >= 15 is 0 Å². The maximum absolute atomic E-state index is 12.6. The molecule has 6 heteroatoms. The lowest BCUT2D eigenvalue weighted by Gasteiger charge is -2.27. The molecule has 3 aromatic carbocycles. The minimum atomic E-state index is -0.203. The van der Waals surface area contributed by atoms with Crippen LogP contribution in [0.25, 0.3) is 11.0 Å². The van der Waals surface area contributed by atoms with Crippen molar-refractivity contribution in [1.29, 1.82) is 0 Å². The molecule has 0 fully saturated rings. The van der Waals surface area contributed by atoms with Gasteiger partial charge in [-0.2, -0.15) is 5.10 Å². The Morgan fingerprint density at radius 1 is 1.03 bits per heavy atom. The van der Waals surface area contributed by atoms with Gasteiger partial charge in [0.1, 0.15) is 18.4 Å². The third kappa shape index (κ3) is 3.55. The van der Waals surface area contributed by atoms with E-state index in [1.165, 1.54) is 0 Å². The number of nitrogens with zero attached hydrogens (tertiary/aromatic N) is 3. The van der Waals surface area contributed by atoms with Crippen LogP contribution < -0.4 is 10.2 Å². The summed E-state index contributed by atoms with van der Waals surface area (Å²) < 4.78 is 8.00. The highest BCUT2D eigenvalue weighted by Crippen LogP contribution is 2.34. The van der Waals surface area contributed by atoms with Crippen LogP contribution >= 0.6 is 0 Å². The summed E-state index contributed by atoms with van der Waals surface area (Å²) in [7, 11) is 0. The second-order valence-electron chi connectivity index (χ2n) is 7.17. The van der Waals surface area contributed by atoms with Crippen molar-refractivity contribution in [3.05, 3.63) is 96.3 Å². The van der Waals surface area contributed by atoms with E-state index in [2.05, 4.69) is 15.5 Å². The summed E-state index contributed by atoms with van der Waals surface area (Å²) in [4.78, 5) is 16.9. The van der Waals surface area contributed by atoms with Crippen molar-refractivity contribution in [3.63, 3.8) is 0 Å². The van der Waals surface area contributed by atoms with Gasteiger partial charge in [0.25, 0.3) is 5.91 Å². The van der Waals surface area contributed by atoms with E-state index in [0.29, 0.717) is 6.42 Å². The van der Waals surface area contributed by atoms with Crippen LogP contribution in [0.1, 0.15) is 23.7 Å². The number of hydrogen-bond acceptors (Lipinski definition) is 4. The molecule has 0 saturated carbocycles. The number of aromatic nitrogens is 2. The molecular weight excluding hydrogens is 376 g/mol. The molecule has 2 heterocycles. The number of benzene rings is 3. The Kier molecular flexibility index (Phi) is 4.73. The molecule has 1 aliphatic rings. The molecule has 0 saturated heterocycles. The molecule has 30 heavy (non-hydrogen) atoms. The summed E-state index contributed by atoms with van der Waals surface area (Å²) in [5.41, 5.74) is 7.27. The highest BCUT2D eigenvalue weighted by atomic mass is 16.5. The minimum absolute atomic E-state index is 0.144. The van der Waals surface area contributed by atoms with Crippen LogP contribution in [0, 0.1) is 0 Å². The number of hydrazone groups is 1. The number of carbonyl (C=O) groups is 1. The van der Waals surface area contributed by atoms with Gasteiger partial charge in [-0.05, 0) is 29.8 Å². The molecule has 5 rings (SSSR count). The van der Waals surface area contributed by atoms with E-state index in [1.807, 2.05) is 83.4 Å². The molecule has 0 aliphatic carbocycles. The lowest BCUT2D eigenvalue weighted by atomic mass is 9.96. The van der Waals surface area contributed by atoms with Gasteiger partial charge >= 0.3 is 0 Å². The summed E-state index contributed by atoms with van der Waals surface area (Å²) in [5, 5.41) is 4.46. The topological polar surface area (TPSA) is 68.5 Å². The molecule has 0 bridgehead atoms. The molecule has 1 atom stereocenters. The van der Waals surface area contributed by atoms with E-state index in [0.717, 1.165) is 33.6 Å². The first-order chi connectivity index (χ1) is 14.8. The highest BCUT2D eigenvalue weighted by Gasteiger charge is 2.26. The number of rotatable bonds is 4. The van der Waals surface area contributed by atoms with Gasteiger partial charge in [-0.1, -0.05) is 54.6 Å². The number of carbonyl (C=O) groups excluding carboxylic acids is 1. The van der Waals surface area contributed by atoms with Crippen LogP contribution in [-0.4, -0.2) is 21.2 Å². The SMILES string of the molecule is O=C(Cn1cnc2ccccc21)N/N=C1/C[C@H](c2ccccc2)Oc2ccccc21. The maximum Gasteiger partial charge on any atom is 0.260 e. The maximum atomic E-state index is 12.6. The lowest BCUT2D eigenvalue weighted by Crippen LogP contribution is -2.27.